The molecule has 0 amide bonds. The summed E-state index contributed by atoms with van der Waals surface area (Å²) in [5.74, 6) is -0.610. The fraction of sp³-hybridized carbons (Fsp3) is 0. The van der Waals surface area contributed by atoms with E-state index in [1.54, 1.807) is 0 Å². The van der Waals surface area contributed by atoms with Gasteiger partial charge in [-0.05, 0) is 33.5 Å². The summed E-state index contributed by atoms with van der Waals surface area (Å²) in [4.78, 5) is 0. The summed E-state index contributed by atoms with van der Waals surface area (Å²) in [6.07, 6.45) is 0. The molecule has 0 aromatic heterocycles. The standard InChI is InChI=1S/C6H4BBrClFO2/c8-4-1-3(7(11)12)2-5(9)6(4)10/h1-2,11-12H. The lowest BCUT2D eigenvalue weighted by Gasteiger charge is -2.02. The summed E-state index contributed by atoms with van der Waals surface area (Å²) < 4.78 is 12.9. The van der Waals surface area contributed by atoms with E-state index in [0.29, 0.717) is 0 Å². The summed E-state index contributed by atoms with van der Waals surface area (Å²) in [7, 11) is -1.64. The first-order valence-electron chi connectivity index (χ1n) is 3.03. The number of rotatable bonds is 1. The maximum Gasteiger partial charge on any atom is 0.488 e. The molecule has 0 radical (unpaired) electrons. The predicted octanol–water partition coefficient (Wildman–Crippen LogP) is 0.921. The zero-order valence-corrected chi connectivity index (χ0v) is 8.10. The number of hydrogen-bond donors (Lipinski definition) is 2. The molecule has 64 valence electrons. The smallest absolute Gasteiger partial charge is 0.423 e. The highest BCUT2D eigenvalue weighted by Gasteiger charge is 2.15. The topological polar surface area (TPSA) is 40.5 Å². The Morgan fingerprint density at radius 2 is 2.00 bits per heavy atom. The maximum absolute atomic E-state index is 12.8. The lowest BCUT2D eigenvalue weighted by Crippen LogP contribution is -2.30. The molecule has 0 saturated carbocycles. The molecule has 0 fully saturated rings. The highest BCUT2D eigenvalue weighted by Crippen LogP contribution is 2.21. The van der Waals surface area contributed by atoms with Gasteiger partial charge in [-0.2, -0.15) is 0 Å². The van der Waals surface area contributed by atoms with Crippen LogP contribution >= 0.6 is 27.5 Å². The van der Waals surface area contributed by atoms with Gasteiger partial charge in [0.25, 0.3) is 0 Å². The molecule has 6 heteroatoms. The molecule has 12 heavy (non-hydrogen) atoms. The van der Waals surface area contributed by atoms with Crippen LogP contribution in [0.1, 0.15) is 0 Å². The minimum Gasteiger partial charge on any atom is -0.423 e. The van der Waals surface area contributed by atoms with Crippen LogP contribution in [0, 0.1) is 5.82 Å². The Morgan fingerprint density at radius 1 is 1.42 bits per heavy atom. The summed E-state index contributed by atoms with van der Waals surface area (Å²) in [6, 6.07) is 2.41. The van der Waals surface area contributed by atoms with Crippen molar-refractivity contribution in [2.75, 3.05) is 0 Å². The van der Waals surface area contributed by atoms with Gasteiger partial charge in [0.2, 0.25) is 0 Å². The van der Waals surface area contributed by atoms with Crippen molar-refractivity contribution < 1.29 is 14.4 Å². The second-order valence-electron chi connectivity index (χ2n) is 2.17. The van der Waals surface area contributed by atoms with E-state index in [9.17, 15) is 4.39 Å². The average Bonchev–Trinajstić information content (AvgIpc) is 1.99. The molecule has 0 aliphatic carbocycles. The van der Waals surface area contributed by atoms with Crippen LogP contribution in [-0.4, -0.2) is 17.2 Å². The van der Waals surface area contributed by atoms with E-state index in [1.807, 2.05) is 0 Å². The quantitative estimate of drug-likeness (QED) is 0.577. The molecule has 2 N–H and O–H groups in total. The minimum absolute atomic E-state index is 0.109. The van der Waals surface area contributed by atoms with E-state index < -0.39 is 12.9 Å². The molecule has 0 unspecified atom stereocenters. The largest absolute Gasteiger partial charge is 0.488 e. The third-order valence-corrected chi connectivity index (χ3v) is 2.16. The Bertz CT molecular complexity index is 285. The Morgan fingerprint density at radius 3 is 2.42 bits per heavy atom. The van der Waals surface area contributed by atoms with Crippen LogP contribution in [0.4, 0.5) is 4.39 Å². The second kappa shape index (κ2) is 3.74. The summed E-state index contributed by atoms with van der Waals surface area (Å²) in [5, 5.41) is 17.3. The highest BCUT2D eigenvalue weighted by molar-refractivity contribution is 9.10. The van der Waals surface area contributed by atoms with Gasteiger partial charge in [0.15, 0.2) is 5.82 Å². The molecule has 0 saturated heterocycles. The molecule has 2 nitrogen and oxygen atoms in total. The van der Waals surface area contributed by atoms with Gasteiger partial charge in [0, 0.05) is 0 Å². The molecular weight excluding hydrogens is 249 g/mol. The second-order valence-corrected chi connectivity index (χ2v) is 3.43. The zero-order chi connectivity index (χ0) is 9.30. The SMILES string of the molecule is OB(O)c1cc(Cl)c(F)c(Br)c1. The van der Waals surface area contributed by atoms with Gasteiger partial charge >= 0.3 is 7.12 Å². The van der Waals surface area contributed by atoms with E-state index in [4.69, 9.17) is 21.6 Å². The van der Waals surface area contributed by atoms with Crippen LogP contribution in [0.5, 0.6) is 0 Å². The van der Waals surface area contributed by atoms with Gasteiger partial charge in [0.1, 0.15) is 0 Å². The van der Waals surface area contributed by atoms with Crippen LogP contribution in [0.25, 0.3) is 0 Å². The monoisotopic (exact) mass is 252 g/mol. The summed E-state index contributed by atoms with van der Waals surface area (Å²) in [6.45, 7) is 0. The molecule has 0 bridgehead atoms. The first-order chi connectivity index (χ1) is 5.52. The number of benzene rings is 1. The minimum atomic E-state index is -1.64. The molecule has 0 aliphatic rings. The van der Waals surface area contributed by atoms with Crippen molar-refractivity contribution in [1.82, 2.24) is 0 Å². The van der Waals surface area contributed by atoms with Crippen molar-refractivity contribution in [3.05, 3.63) is 27.4 Å². The Labute approximate surface area is 82.2 Å². The van der Waals surface area contributed by atoms with E-state index in [1.165, 1.54) is 6.07 Å². The van der Waals surface area contributed by atoms with Gasteiger partial charge in [-0.15, -0.1) is 0 Å². The molecular formula is C6H4BBrClFO2. The van der Waals surface area contributed by atoms with Crippen LogP contribution in [-0.2, 0) is 0 Å². The van der Waals surface area contributed by atoms with E-state index in [-0.39, 0.29) is 15.0 Å². The Hall–Kier alpha value is -0.0951. The lowest BCUT2D eigenvalue weighted by atomic mass is 9.80. The van der Waals surface area contributed by atoms with Gasteiger partial charge in [-0.1, -0.05) is 11.6 Å². The third-order valence-electron chi connectivity index (χ3n) is 1.30. The van der Waals surface area contributed by atoms with Crippen LogP contribution < -0.4 is 5.46 Å². The van der Waals surface area contributed by atoms with E-state index in [0.717, 1.165) is 6.07 Å². The summed E-state index contributed by atoms with van der Waals surface area (Å²) >= 11 is 8.32. The zero-order valence-electron chi connectivity index (χ0n) is 5.76. The number of hydrogen-bond acceptors (Lipinski definition) is 2. The van der Waals surface area contributed by atoms with Crippen LogP contribution in [0.3, 0.4) is 0 Å². The van der Waals surface area contributed by atoms with Crippen molar-refractivity contribution in [2.24, 2.45) is 0 Å². The summed E-state index contributed by atoms with van der Waals surface area (Å²) in [5.41, 5.74) is 0.147. The molecule has 0 aliphatic heterocycles. The first-order valence-corrected chi connectivity index (χ1v) is 4.20. The van der Waals surface area contributed by atoms with Crippen LogP contribution in [0.2, 0.25) is 5.02 Å². The lowest BCUT2D eigenvalue weighted by molar-refractivity contribution is 0.425. The number of halogens is 3. The van der Waals surface area contributed by atoms with Crippen LogP contribution in [0.15, 0.2) is 16.6 Å². The average molecular weight is 253 g/mol. The molecule has 0 heterocycles. The van der Waals surface area contributed by atoms with Crippen molar-refractivity contribution in [3.63, 3.8) is 0 Å². The fourth-order valence-corrected chi connectivity index (χ4v) is 1.54. The molecule has 0 spiro atoms. The van der Waals surface area contributed by atoms with Crippen molar-refractivity contribution in [3.8, 4) is 0 Å². The van der Waals surface area contributed by atoms with Gasteiger partial charge in [-0.25, -0.2) is 4.39 Å². The molecule has 0 atom stereocenters. The van der Waals surface area contributed by atoms with Crippen molar-refractivity contribution in [2.45, 2.75) is 0 Å². The molecule has 1 aromatic carbocycles. The highest BCUT2D eigenvalue weighted by atomic mass is 79.9. The Kier molecular flexibility index (Phi) is 3.12. The Balaban J connectivity index is 3.21. The molecule has 1 aromatic rings. The van der Waals surface area contributed by atoms with Crippen molar-refractivity contribution >= 4 is 40.1 Å². The molecule has 1 rings (SSSR count). The van der Waals surface area contributed by atoms with E-state index in [2.05, 4.69) is 15.9 Å². The van der Waals surface area contributed by atoms with Gasteiger partial charge in [0.05, 0.1) is 9.50 Å². The van der Waals surface area contributed by atoms with Crippen molar-refractivity contribution in [1.29, 1.82) is 0 Å². The fourth-order valence-electron chi connectivity index (χ4n) is 0.724. The van der Waals surface area contributed by atoms with Gasteiger partial charge in [-0.3, -0.25) is 0 Å². The first kappa shape index (κ1) is 9.99. The van der Waals surface area contributed by atoms with Gasteiger partial charge < -0.3 is 10.0 Å². The third kappa shape index (κ3) is 1.98. The predicted molar refractivity (Wildman–Crippen MR) is 48.9 cm³/mol. The normalized spacial score (nSPS) is 10.1. The van der Waals surface area contributed by atoms with E-state index >= 15 is 0 Å². The maximum atomic E-state index is 12.8.